The van der Waals surface area contributed by atoms with Gasteiger partial charge in [-0.25, -0.2) is 9.37 Å². The van der Waals surface area contributed by atoms with E-state index in [-0.39, 0.29) is 5.82 Å². The van der Waals surface area contributed by atoms with Crippen molar-refractivity contribution in [2.24, 2.45) is 0 Å². The molecule has 0 unspecified atom stereocenters. The molecule has 2 nitrogen and oxygen atoms in total. The Kier molecular flexibility index (Phi) is 2.73. The Labute approximate surface area is 92.1 Å². The molecule has 1 aromatic carbocycles. The van der Waals surface area contributed by atoms with Crippen LogP contribution in [0.2, 0.25) is 5.02 Å². The highest BCUT2D eigenvalue weighted by atomic mass is 35.5. The fraction of sp³-hybridized carbons (Fsp3) is 0.182. The molecule has 2 rings (SSSR count). The van der Waals surface area contributed by atoms with Crippen LogP contribution in [0.1, 0.15) is 6.92 Å². The molecule has 0 bridgehead atoms. The van der Waals surface area contributed by atoms with Crippen molar-refractivity contribution in [1.29, 1.82) is 0 Å². The van der Waals surface area contributed by atoms with Gasteiger partial charge in [-0.1, -0.05) is 11.6 Å². The molecule has 1 aromatic heterocycles. The first-order valence-electron chi connectivity index (χ1n) is 4.71. The summed E-state index contributed by atoms with van der Waals surface area (Å²) in [5.74, 6) is 0.306. The highest BCUT2D eigenvalue weighted by molar-refractivity contribution is 6.35. The summed E-state index contributed by atoms with van der Waals surface area (Å²) in [4.78, 5) is 4.15. The van der Waals surface area contributed by atoms with Crippen molar-refractivity contribution in [3.05, 3.63) is 35.1 Å². The molecule has 1 heterocycles. The summed E-state index contributed by atoms with van der Waals surface area (Å²) in [6.45, 7) is 2.71. The maximum atomic E-state index is 13.4. The molecule has 0 saturated heterocycles. The number of aromatic nitrogens is 1. The highest BCUT2D eigenvalue weighted by Crippen LogP contribution is 2.25. The van der Waals surface area contributed by atoms with Crippen LogP contribution >= 0.6 is 11.6 Å². The van der Waals surface area contributed by atoms with Gasteiger partial charge in [0.1, 0.15) is 17.2 Å². The van der Waals surface area contributed by atoms with E-state index in [0.29, 0.717) is 21.7 Å². The van der Waals surface area contributed by atoms with Crippen molar-refractivity contribution >= 4 is 28.3 Å². The maximum absolute atomic E-state index is 13.4. The molecule has 0 aliphatic heterocycles. The first-order valence-corrected chi connectivity index (χ1v) is 5.09. The van der Waals surface area contributed by atoms with Crippen molar-refractivity contribution in [3.63, 3.8) is 0 Å². The van der Waals surface area contributed by atoms with Gasteiger partial charge in [0.2, 0.25) is 0 Å². The van der Waals surface area contributed by atoms with E-state index in [2.05, 4.69) is 10.3 Å². The Morgan fingerprint density at radius 2 is 2.13 bits per heavy atom. The molecule has 2 aromatic rings. The molecule has 0 amide bonds. The minimum absolute atomic E-state index is 0.306. The predicted octanol–water partition coefficient (Wildman–Crippen LogP) is 3.46. The van der Waals surface area contributed by atoms with Gasteiger partial charge in [-0.2, -0.15) is 0 Å². The Balaban J connectivity index is 2.65. The molecule has 0 fully saturated rings. The third kappa shape index (κ3) is 1.88. The van der Waals surface area contributed by atoms with Crippen molar-refractivity contribution in [1.82, 2.24) is 4.98 Å². The average molecular weight is 225 g/mol. The third-order valence-corrected chi connectivity index (χ3v) is 2.44. The number of fused-ring (bicyclic) bond motifs is 1. The van der Waals surface area contributed by atoms with Gasteiger partial charge in [0, 0.05) is 11.9 Å². The van der Waals surface area contributed by atoms with E-state index in [1.54, 1.807) is 12.1 Å². The molecule has 1 N–H and O–H groups in total. The van der Waals surface area contributed by atoms with E-state index in [4.69, 9.17) is 11.6 Å². The van der Waals surface area contributed by atoms with Crippen LogP contribution < -0.4 is 5.32 Å². The lowest BCUT2D eigenvalue weighted by Gasteiger charge is -2.05. The summed E-state index contributed by atoms with van der Waals surface area (Å²) >= 11 is 5.93. The molecule has 0 radical (unpaired) electrons. The van der Waals surface area contributed by atoms with Crippen LogP contribution in [0.4, 0.5) is 10.2 Å². The zero-order chi connectivity index (χ0) is 10.8. The minimum Gasteiger partial charge on any atom is -0.370 e. The quantitative estimate of drug-likeness (QED) is 0.845. The smallest absolute Gasteiger partial charge is 0.149 e. The molecule has 4 heteroatoms. The lowest BCUT2D eigenvalue weighted by molar-refractivity contribution is 0.637. The van der Waals surface area contributed by atoms with Gasteiger partial charge in [-0.15, -0.1) is 0 Å². The van der Waals surface area contributed by atoms with E-state index >= 15 is 0 Å². The van der Waals surface area contributed by atoms with E-state index in [1.165, 1.54) is 12.1 Å². The maximum Gasteiger partial charge on any atom is 0.149 e. The largest absolute Gasteiger partial charge is 0.370 e. The summed E-state index contributed by atoms with van der Waals surface area (Å²) in [6, 6.07) is 6.42. The van der Waals surface area contributed by atoms with Gasteiger partial charge in [0.05, 0.1) is 5.02 Å². The van der Waals surface area contributed by atoms with Gasteiger partial charge < -0.3 is 5.32 Å². The number of benzene rings is 1. The predicted molar refractivity (Wildman–Crippen MR) is 60.9 cm³/mol. The normalized spacial score (nSPS) is 10.6. The average Bonchev–Trinajstić information content (AvgIpc) is 2.24. The Morgan fingerprint density at radius 1 is 1.33 bits per heavy atom. The zero-order valence-electron chi connectivity index (χ0n) is 8.22. The number of halogens is 2. The van der Waals surface area contributed by atoms with Gasteiger partial charge in [0.25, 0.3) is 0 Å². The summed E-state index contributed by atoms with van der Waals surface area (Å²) in [5, 5.41) is 4.18. The summed E-state index contributed by atoms with van der Waals surface area (Å²) < 4.78 is 13.4. The van der Waals surface area contributed by atoms with Crippen molar-refractivity contribution < 1.29 is 4.39 Å². The zero-order valence-corrected chi connectivity index (χ0v) is 8.98. The Bertz CT molecular complexity index is 499. The lowest BCUT2D eigenvalue weighted by Crippen LogP contribution is -1.99. The second-order valence-corrected chi connectivity index (χ2v) is 3.56. The fourth-order valence-electron chi connectivity index (χ4n) is 1.43. The Morgan fingerprint density at radius 3 is 2.87 bits per heavy atom. The molecule has 0 aliphatic carbocycles. The minimum atomic E-state index is -0.353. The molecular weight excluding hydrogens is 215 g/mol. The van der Waals surface area contributed by atoms with Gasteiger partial charge in [-0.3, -0.25) is 0 Å². The van der Waals surface area contributed by atoms with E-state index in [1.807, 2.05) is 6.92 Å². The lowest BCUT2D eigenvalue weighted by atomic mass is 10.2. The molecule has 0 aliphatic rings. The fourth-order valence-corrected chi connectivity index (χ4v) is 1.64. The number of pyridine rings is 1. The van der Waals surface area contributed by atoms with Gasteiger partial charge in [-0.05, 0) is 31.2 Å². The second-order valence-electron chi connectivity index (χ2n) is 3.15. The van der Waals surface area contributed by atoms with Crippen LogP contribution in [-0.2, 0) is 0 Å². The standard InChI is InChI=1S/C11H10ClFN2/c1-2-14-10-6-3-7-8(12)4-5-9(13)11(7)15-10/h3-6H,2H2,1H3,(H,14,15). The Hall–Kier alpha value is -1.35. The van der Waals surface area contributed by atoms with Crippen molar-refractivity contribution in [2.75, 3.05) is 11.9 Å². The van der Waals surface area contributed by atoms with Crippen LogP contribution in [0, 0.1) is 5.82 Å². The molecule has 15 heavy (non-hydrogen) atoms. The number of hydrogen-bond donors (Lipinski definition) is 1. The van der Waals surface area contributed by atoms with Crippen LogP contribution in [0.3, 0.4) is 0 Å². The summed E-state index contributed by atoms with van der Waals surface area (Å²) in [7, 11) is 0. The number of hydrogen-bond acceptors (Lipinski definition) is 2. The molecule has 0 atom stereocenters. The number of rotatable bonds is 2. The third-order valence-electron chi connectivity index (χ3n) is 2.11. The highest BCUT2D eigenvalue weighted by Gasteiger charge is 2.06. The van der Waals surface area contributed by atoms with E-state index in [9.17, 15) is 4.39 Å². The van der Waals surface area contributed by atoms with E-state index < -0.39 is 0 Å². The van der Waals surface area contributed by atoms with Crippen molar-refractivity contribution in [3.8, 4) is 0 Å². The first kappa shape index (κ1) is 10.2. The molecule has 0 spiro atoms. The summed E-state index contributed by atoms with van der Waals surface area (Å²) in [5.41, 5.74) is 0.306. The number of anilines is 1. The van der Waals surface area contributed by atoms with Crippen molar-refractivity contribution in [2.45, 2.75) is 6.92 Å². The topological polar surface area (TPSA) is 24.9 Å². The van der Waals surface area contributed by atoms with Crippen LogP contribution in [0.25, 0.3) is 10.9 Å². The van der Waals surface area contributed by atoms with E-state index in [0.717, 1.165) is 6.54 Å². The van der Waals surface area contributed by atoms with Gasteiger partial charge >= 0.3 is 0 Å². The molecule has 78 valence electrons. The number of nitrogens with one attached hydrogen (secondary N) is 1. The van der Waals surface area contributed by atoms with Crippen LogP contribution in [-0.4, -0.2) is 11.5 Å². The number of nitrogens with zero attached hydrogens (tertiary/aromatic N) is 1. The SMILES string of the molecule is CCNc1ccc2c(Cl)ccc(F)c2n1. The molecule has 0 saturated carbocycles. The first-order chi connectivity index (χ1) is 7.22. The molecular formula is C11H10ClFN2. The summed E-state index contributed by atoms with van der Waals surface area (Å²) in [6.07, 6.45) is 0. The second kappa shape index (κ2) is 4.03. The van der Waals surface area contributed by atoms with Crippen LogP contribution in [0.5, 0.6) is 0 Å². The monoisotopic (exact) mass is 224 g/mol. The van der Waals surface area contributed by atoms with Gasteiger partial charge in [0.15, 0.2) is 0 Å². The van der Waals surface area contributed by atoms with Crippen LogP contribution in [0.15, 0.2) is 24.3 Å².